The van der Waals surface area contributed by atoms with E-state index in [2.05, 4.69) is 15.5 Å². The van der Waals surface area contributed by atoms with Crippen molar-refractivity contribution in [3.8, 4) is 5.88 Å². The molecule has 19 heavy (non-hydrogen) atoms. The number of pyridine rings is 1. The molecule has 0 aliphatic carbocycles. The van der Waals surface area contributed by atoms with Gasteiger partial charge >= 0.3 is 6.16 Å². The lowest BCUT2D eigenvalue weighted by atomic mass is 10.2. The minimum absolute atomic E-state index is 0.0556. The van der Waals surface area contributed by atoms with Crippen molar-refractivity contribution in [3.63, 3.8) is 0 Å². The van der Waals surface area contributed by atoms with Crippen LogP contribution in [0.25, 0.3) is 10.9 Å². The minimum Gasteiger partial charge on any atom is -0.449 e. The number of fused-ring (bicyclic) bond motifs is 1. The molecule has 1 amide bonds. The van der Waals surface area contributed by atoms with Crippen molar-refractivity contribution in [2.24, 2.45) is 11.5 Å². The first kappa shape index (κ1) is 14.4. The summed E-state index contributed by atoms with van der Waals surface area (Å²) >= 11 is 0. The third kappa shape index (κ3) is 5.00. The smallest absolute Gasteiger partial charge is 0.449 e. The van der Waals surface area contributed by atoms with Crippen LogP contribution in [-0.4, -0.2) is 28.7 Å². The van der Waals surface area contributed by atoms with Gasteiger partial charge in [0.15, 0.2) is 0 Å². The van der Waals surface area contributed by atoms with Crippen LogP contribution in [0.3, 0.4) is 0 Å². The molecule has 1 aromatic carbocycles. The van der Waals surface area contributed by atoms with Gasteiger partial charge in [-0.25, -0.2) is 9.78 Å². The second-order valence-electron chi connectivity index (χ2n) is 3.38. The van der Waals surface area contributed by atoms with E-state index in [1.165, 1.54) is 6.07 Å². The summed E-state index contributed by atoms with van der Waals surface area (Å²) in [6.07, 6.45) is -1.35. The fourth-order valence-corrected chi connectivity index (χ4v) is 1.19. The van der Waals surface area contributed by atoms with Crippen LogP contribution >= 0.6 is 0 Å². The van der Waals surface area contributed by atoms with Crippen molar-refractivity contribution in [2.75, 3.05) is 6.54 Å². The number of carbonyl (C=O) groups excluding carboxylic acids is 1. The number of hydrogen-bond acceptors (Lipinski definition) is 5. The normalized spacial score (nSPS) is 9.32. The van der Waals surface area contributed by atoms with Gasteiger partial charge in [-0.15, -0.1) is 0 Å². The van der Waals surface area contributed by atoms with Crippen LogP contribution in [0.2, 0.25) is 0 Å². The lowest BCUT2D eigenvalue weighted by Gasteiger charge is -2.00. The van der Waals surface area contributed by atoms with Crippen LogP contribution < -0.4 is 16.2 Å². The second kappa shape index (κ2) is 6.92. The number of benzene rings is 1. The summed E-state index contributed by atoms with van der Waals surface area (Å²) < 4.78 is 4.43. The van der Waals surface area contributed by atoms with Gasteiger partial charge < -0.3 is 21.3 Å². The fraction of sp³-hybridized carbons (Fsp3) is 0.0833. The molecule has 0 unspecified atom stereocenters. The number of hydrogen-bond donors (Lipinski definition) is 3. The van der Waals surface area contributed by atoms with Gasteiger partial charge in [0.25, 0.3) is 0 Å². The SMILES string of the molecule is NCC(N)=O.O=C(O)Oc1ccc2ccccc2n1. The molecule has 5 N–H and O–H groups in total. The largest absolute Gasteiger partial charge is 0.512 e. The monoisotopic (exact) mass is 263 g/mol. The molecule has 0 aliphatic heterocycles. The zero-order valence-electron chi connectivity index (χ0n) is 9.95. The van der Waals surface area contributed by atoms with Gasteiger partial charge in [0.1, 0.15) is 0 Å². The zero-order valence-corrected chi connectivity index (χ0v) is 9.95. The van der Waals surface area contributed by atoms with Gasteiger partial charge in [-0.3, -0.25) is 4.79 Å². The number of nitrogens with zero attached hydrogens (tertiary/aromatic N) is 1. The summed E-state index contributed by atoms with van der Waals surface area (Å²) in [5.41, 5.74) is 9.94. The Kier molecular flexibility index (Phi) is 5.24. The second-order valence-corrected chi connectivity index (χ2v) is 3.38. The highest BCUT2D eigenvalue weighted by molar-refractivity contribution is 5.79. The van der Waals surface area contributed by atoms with Crippen molar-refractivity contribution in [3.05, 3.63) is 36.4 Å². The highest BCUT2D eigenvalue weighted by Crippen LogP contribution is 2.15. The molecule has 7 heteroatoms. The number of rotatable bonds is 2. The maximum Gasteiger partial charge on any atom is 0.512 e. The molecule has 7 nitrogen and oxygen atoms in total. The van der Waals surface area contributed by atoms with Crippen molar-refractivity contribution < 1.29 is 19.4 Å². The van der Waals surface area contributed by atoms with Crippen molar-refractivity contribution >= 4 is 23.0 Å². The molecule has 2 rings (SSSR count). The molecule has 0 spiro atoms. The van der Waals surface area contributed by atoms with Gasteiger partial charge in [-0.1, -0.05) is 18.2 Å². The van der Waals surface area contributed by atoms with Crippen LogP contribution in [0.5, 0.6) is 5.88 Å². The van der Waals surface area contributed by atoms with E-state index < -0.39 is 12.1 Å². The maximum absolute atomic E-state index is 10.2. The van der Waals surface area contributed by atoms with E-state index in [1.54, 1.807) is 12.1 Å². The first-order valence-electron chi connectivity index (χ1n) is 5.28. The lowest BCUT2D eigenvalue weighted by Crippen LogP contribution is -2.21. The lowest BCUT2D eigenvalue weighted by molar-refractivity contribution is -0.116. The molecule has 1 heterocycles. The molecule has 0 saturated heterocycles. The van der Waals surface area contributed by atoms with Gasteiger partial charge in [0, 0.05) is 11.5 Å². The molecule has 100 valence electrons. The Morgan fingerprint density at radius 2 is 1.84 bits per heavy atom. The first-order chi connectivity index (χ1) is 9.02. The Bertz CT molecular complexity index is 586. The van der Waals surface area contributed by atoms with E-state index in [-0.39, 0.29) is 12.4 Å². The highest BCUT2D eigenvalue weighted by Gasteiger charge is 2.02. The number of amides is 1. The van der Waals surface area contributed by atoms with E-state index in [9.17, 15) is 9.59 Å². The first-order valence-corrected chi connectivity index (χ1v) is 5.28. The maximum atomic E-state index is 10.2. The summed E-state index contributed by atoms with van der Waals surface area (Å²) in [4.78, 5) is 23.7. The molecule has 2 aromatic rings. The average molecular weight is 263 g/mol. The summed E-state index contributed by atoms with van der Waals surface area (Å²) in [5.74, 6) is -0.374. The van der Waals surface area contributed by atoms with Crippen molar-refractivity contribution in [1.29, 1.82) is 0 Å². The van der Waals surface area contributed by atoms with E-state index in [4.69, 9.17) is 10.8 Å². The number of carbonyl (C=O) groups is 2. The molecule has 0 bridgehead atoms. The Hall–Kier alpha value is -2.67. The van der Waals surface area contributed by atoms with Gasteiger partial charge in [-0.05, 0) is 12.1 Å². The summed E-state index contributed by atoms with van der Waals surface area (Å²) in [7, 11) is 0. The topological polar surface area (TPSA) is 129 Å². The fourth-order valence-electron chi connectivity index (χ4n) is 1.19. The van der Waals surface area contributed by atoms with Crippen LogP contribution in [0.15, 0.2) is 36.4 Å². The van der Waals surface area contributed by atoms with Gasteiger partial charge in [0.2, 0.25) is 11.8 Å². The summed E-state index contributed by atoms with van der Waals surface area (Å²) in [6, 6.07) is 10.7. The number of para-hydroxylation sites is 1. The Morgan fingerprint density at radius 1 is 1.21 bits per heavy atom. The van der Waals surface area contributed by atoms with Crippen molar-refractivity contribution in [1.82, 2.24) is 4.98 Å². The molecule has 0 radical (unpaired) electrons. The van der Waals surface area contributed by atoms with E-state index in [0.717, 1.165) is 5.39 Å². The van der Waals surface area contributed by atoms with Crippen LogP contribution in [0, 0.1) is 0 Å². The van der Waals surface area contributed by atoms with E-state index in [1.807, 2.05) is 18.2 Å². The van der Waals surface area contributed by atoms with Crippen LogP contribution in [0.4, 0.5) is 4.79 Å². The van der Waals surface area contributed by atoms with Gasteiger partial charge in [0.05, 0.1) is 12.1 Å². The summed E-state index contributed by atoms with van der Waals surface area (Å²) in [5, 5.41) is 9.33. The Balaban J connectivity index is 0.000000312. The molecule has 1 aromatic heterocycles. The number of aromatic nitrogens is 1. The number of primary amides is 1. The molecule has 0 fully saturated rings. The number of carboxylic acid groups (broad SMARTS) is 1. The quantitative estimate of drug-likeness (QED) is 0.685. The standard InChI is InChI=1S/C10H7NO3.C2H6N2O/c12-10(13)14-9-6-5-7-3-1-2-4-8(7)11-9;3-1-2(4)5/h1-6H,(H,12,13);1,3H2,(H2,4,5). The third-order valence-corrected chi connectivity index (χ3v) is 1.97. The van der Waals surface area contributed by atoms with E-state index >= 15 is 0 Å². The van der Waals surface area contributed by atoms with Crippen molar-refractivity contribution in [2.45, 2.75) is 0 Å². The molecule has 0 atom stereocenters. The predicted molar refractivity (Wildman–Crippen MR) is 68.6 cm³/mol. The van der Waals surface area contributed by atoms with E-state index in [0.29, 0.717) is 5.52 Å². The Labute approximate surface area is 108 Å². The highest BCUT2D eigenvalue weighted by atomic mass is 16.7. The summed E-state index contributed by atoms with van der Waals surface area (Å²) in [6.45, 7) is -0.0556. The Morgan fingerprint density at radius 3 is 2.42 bits per heavy atom. The minimum atomic E-state index is -1.35. The zero-order chi connectivity index (χ0) is 14.3. The van der Waals surface area contributed by atoms with Crippen LogP contribution in [-0.2, 0) is 4.79 Å². The predicted octanol–water partition coefficient (Wildman–Crippen LogP) is 0.722. The molecular weight excluding hydrogens is 250 g/mol. The molecule has 0 saturated carbocycles. The molecular formula is C12H13N3O4. The average Bonchev–Trinajstić information content (AvgIpc) is 2.38. The van der Waals surface area contributed by atoms with Crippen LogP contribution in [0.1, 0.15) is 0 Å². The molecule has 0 aliphatic rings. The number of ether oxygens (including phenoxy) is 1. The number of nitrogens with two attached hydrogens (primary N) is 2. The van der Waals surface area contributed by atoms with Gasteiger partial charge in [-0.2, -0.15) is 0 Å². The third-order valence-electron chi connectivity index (χ3n) is 1.97.